The lowest BCUT2D eigenvalue weighted by Crippen LogP contribution is -2.19. The summed E-state index contributed by atoms with van der Waals surface area (Å²) in [5, 5.41) is 14.0. The Hall–Kier alpha value is -3.46. The van der Waals surface area contributed by atoms with E-state index < -0.39 is 0 Å². The normalized spacial score (nSPS) is 17.1. The van der Waals surface area contributed by atoms with Crippen molar-refractivity contribution in [3.63, 3.8) is 0 Å². The van der Waals surface area contributed by atoms with Crippen LogP contribution in [-0.2, 0) is 13.1 Å². The third kappa shape index (κ3) is 3.50. The van der Waals surface area contributed by atoms with Crippen molar-refractivity contribution >= 4 is 5.91 Å². The van der Waals surface area contributed by atoms with Crippen molar-refractivity contribution in [2.24, 2.45) is 5.41 Å². The maximum atomic E-state index is 12.5. The summed E-state index contributed by atoms with van der Waals surface area (Å²) in [6, 6.07) is 11.7. The number of amides is 1. The van der Waals surface area contributed by atoms with Crippen molar-refractivity contribution in [2.75, 3.05) is 7.05 Å². The van der Waals surface area contributed by atoms with E-state index in [9.17, 15) is 10.1 Å². The number of fused-ring (bicyclic) bond motifs is 1. The van der Waals surface area contributed by atoms with Crippen LogP contribution in [0.15, 0.2) is 42.7 Å². The number of pyridine rings is 1. The van der Waals surface area contributed by atoms with E-state index in [1.807, 2.05) is 35.1 Å². The molecule has 1 aliphatic heterocycles. The minimum atomic E-state index is 0.0208. The Morgan fingerprint density at radius 2 is 1.94 bits per heavy atom. The number of carbonyl (C=O) groups excluding carboxylic acids is 1. The van der Waals surface area contributed by atoms with Crippen molar-refractivity contribution in [3.05, 3.63) is 59.5 Å². The summed E-state index contributed by atoms with van der Waals surface area (Å²) in [5.41, 5.74) is 5.82. The third-order valence-electron chi connectivity index (χ3n) is 6.68. The quantitative estimate of drug-likeness (QED) is 0.626. The summed E-state index contributed by atoms with van der Waals surface area (Å²) in [4.78, 5) is 18.8. The van der Waals surface area contributed by atoms with Crippen LogP contribution in [0, 0.1) is 16.7 Å². The number of rotatable bonds is 4. The number of carbonyl (C=O) groups is 1. The second kappa shape index (κ2) is 7.35. The van der Waals surface area contributed by atoms with Crippen molar-refractivity contribution in [3.8, 4) is 28.5 Å². The average molecular weight is 412 g/mol. The van der Waals surface area contributed by atoms with E-state index in [1.165, 1.54) is 25.7 Å². The SMILES string of the molecule is CN1Cc2ccc(-c3nc(C#N)ccc3-c3cnn(CC4(C)CCCC4)c3)cc2C1=O. The molecule has 156 valence electrons. The molecule has 2 aliphatic rings. The lowest BCUT2D eigenvalue weighted by molar-refractivity contribution is 0.0816. The molecule has 0 atom stereocenters. The van der Waals surface area contributed by atoms with E-state index in [0.717, 1.165) is 28.8 Å². The Morgan fingerprint density at radius 3 is 2.71 bits per heavy atom. The van der Waals surface area contributed by atoms with E-state index in [1.54, 1.807) is 18.0 Å². The molecule has 1 fully saturated rings. The van der Waals surface area contributed by atoms with Crippen LogP contribution in [-0.4, -0.2) is 32.6 Å². The third-order valence-corrected chi connectivity index (χ3v) is 6.68. The van der Waals surface area contributed by atoms with Crippen LogP contribution >= 0.6 is 0 Å². The molecule has 0 N–H and O–H groups in total. The Labute approximate surface area is 182 Å². The standard InChI is InChI=1S/C25H25N5O/c1-25(9-3-4-10-25)16-30-15-19(13-27-30)21-8-7-20(12-26)28-23(21)17-5-6-18-14-29(2)24(31)22(18)11-17/h5-8,11,13,15H,3-4,9-10,14,16H2,1-2H3. The zero-order chi connectivity index (χ0) is 21.6. The number of aromatic nitrogens is 3. The number of hydrogen-bond acceptors (Lipinski definition) is 4. The largest absolute Gasteiger partial charge is 0.337 e. The summed E-state index contributed by atoms with van der Waals surface area (Å²) in [5.74, 6) is 0.0208. The predicted molar refractivity (Wildman–Crippen MR) is 118 cm³/mol. The van der Waals surface area contributed by atoms with Gasteiger partial charge in [0, 0.05) is 48.6 Å². The molecular weight excluding hydrogens is 386 g/mol. The van der Waals surface area contributed by atoms with Gasteiger partial charge in [-0.2, -0.15) is 10.4 Å². The van der Waals surface area contributed by atoms with Crippen molar-refractivity contribution < 1.29 is 4.79 Å². The predicted octanol–water partition coefficient (Wildman–Crippen LogP) is 4.65. The molecule has 1 saturated carbocycles. The fourth-order valence-corrected chi connectivity index (χ4v) is 4.93. The molecule has 2 aromatic heterocycles. The van der Waals surface area contributed by atoms with Gasteiger partial charge >= 0.3 is 0 Å². The number of hydrogen-bond donors (Lipinski definition) is 0. The Balaban J connectivity index is 1.55. The molecule has 1 aliphatic carbocycles. The zero-order valence-electron chi connectivity index (χ0n) is 17.9. The van der Waals surface area contributed by atoms with Gasteiger partial charge in [0.1, 0.15) is 11.8 Å². The maximum absolute atomic E-state index is 12.5. The van der Waals surface area contributed by atoms with E-state index in [2.05, 4.69) is 29.3 Å². The number of nitriles is 1. The molecule has 0 saturated heterocycles. The highest BCUT2D eigenvalue weighted by molar-refractivity contribution is 5.99. The fraction of sp³-hybridized carbons (Fsp3) is 0.360. The van der Waals surface area contributed by atoms with Gasteiger partial charge in [0.25, 0.3) is 5.91 Å². The molecule has 5 rings (SSSR count). The van der Waals surface area contributed by atoms with Crippen LogP contribution in [0.3, 0.4) is 0 Å². The second-order valence-corrected chi connectivity index (χ2v) is 9.18. The van der Waals surface area contributed by atoms with E-state index in [-0.39, 0.29) is 5.91 Å². The average Bonchev–Trinajstić information content (AvgIpc) is 3.48. The first-order valence-electron chi connectivity index (χ1n) is 10.8. The van der Waals surface area contributed by atoms with Crippen molar-refractivity contribution in [2.45, 2.75) is 45.7 Å². The van der Waals surface area contributed by atoms with Gasteiger partial charge < -0.3 is 4.90 Å². The molecule has 0 bridgehead atoms. The van der Waals surface area contributed by atoms with Gasteiger partial charge in [-0.25, -0.2) is 4.98 Å². The van der Waals surface area contributed by atoms with Crippen LogP contribution in [0.4, 0.5) is 0 Å². The van der Waals surface area contributed by atoms with Gasteiger partial charge in [-0.1, -0.05) is 31.9 Å². The number of benzene rings is 1. The Bertz CT molecular complexity index is 1210. The zero-order valence-corrected chi connectivity index (χ0v) is 17.9. The van der Waals surface area contributed by atoms with Crippen LogP contribution in [0.25, 0.3) is 22.4 Å². The van der Waals surface area contributed by atoms with Gasteiger partial charge in [-0.05, 0) is 42.0 Å². The van der Waals surface area contributed by atoms with E-state index in [0.29, 0.717) is 28.9 Å². The van der Waals surface area contributed by atoms with Crippen LogP contribution in [0.2, 0.25) is 0 Å². The van der Waals surface area contributed by atoms with Gasteiger partial charge in [0.15, 0.2) is 0 Å². The summed E-state index contributed by atoms with van der Waals surface area (Å²) in [6.07, 6.45) is 9.01. The smallest absolute Gasteiger partial charge is 0.254 e. The monoisotopic (exact) mass is 411 g/mol. The molecule has 1 aromatic carbocycles. The van der Waals surface area contributed by atoms with E-state index >= 15 is 0 Å². The Kier molecular flexibility index (Phi) is 4.62. The highest BCUT2D eigenvalue weighted by Gasteiger charge is 2.29. The van der Waals surface area contributed by atoms with Gasteiger partial charge in [-0.3, -0.25) is 9.48 Å². The molecule has 6 heteroatoms. The lowest BCUT2D eigenvalue weighted by Gasteiger charge is -2.22. The van der Waals surface area contributed by atoms with Crippen LogP contribution in [0.5, 0.6) is 0 Å². The maximum Gasteiger partial charge on any atom is 0.254 e. The molecule has 0 spiro atoms. The molecule has 1 amide bonds. The first kappa shape index (κ1) is 19.5. The molecular formula is C25H25N5O. The summed E-state index contributed by atoms with van der Waals surface area (Å²) in [7, 11) is 1.81. The topological polar surface area (TPSA) is 74.8 Å². The molecule has 31 heavy (non-hydrogen) atoms. The van der Waals surface area contributed by atoms with Crippen LogP contribution < -0.4 is 0 Å². The highest BCUT2D eigenvalue weighted by atomic mass is 16.2. The molecule has 3 aromatic rings. The summed E-state index contributed by atoms with van der Waals surface area (Å²) >= 11 is 0. The molecule has 6 nitrogen and oxygen atoms in total. The van der Waals surface area contributed by atoms with Crippen molar-refractivity contribution in [1.29, 1.82) is 5.26 Å². The Morgan fingerprint density at radius 1 is 1.13 bits per heavy atom. The summed E-state index contributed by atoms with van der Waals surface area (Å²) < 4.78 is 2.03. The first-order valence-corrected chi connectivity index (χ1v) is 10.8. The molecule has 3 heterocycles. The minimum Gasteiger partial charge on any atom is -0.337 e. The lowest BCUT2D eigenvalue weighted by atomic mass is 9.89. The first-order chi connectivity index (χ1) is 15.0. The molecule has 0 unspecified atom stereocenters. The van der Waals surface area contributed by atoms with Crippen molar-refractivity contribution in [1.82, 2.24) is 19.7 Å². The summed E-state index contributed by atoms with van der Waals surface area (Å²) in [6.45, 7) is 3.87. The van der Waals surface area contributed by atoms with Gasteiger partial charge in [0.05, 0.1) is 11.9 Å². The van der Waals surface area contributed by atoms with Gasteiger partial charge in [-0.15, -0.1) is 0 Å². The molecule has 0 radical (unpaired) electrons. The van der Waals surface area contributed by atoms with E-state index in [4.69, 9.17) is 0 Å². The highest BCUT2D eigenvalue weighted by Crippen LogP contribution is 2.39. The van der Waals surface area contributed by atoms with Crippen LogP contribution in [0.1, 0.15) is 54.2 Å². The second-order valence-electron chi connectivity index (χ2n) is 9.18. The fourth-order valence-electron chi connectivity index (χ4n) is 4.93. The number of nitrogens with zero attached hydrogens (tertiary/aromatic N) is 5. The minimum absolute atomic E-state index is 0.0208. The van der Waals surface area contributed by atoms with Gasteiger partial charge in [0.2, 0.25) is 0 Å².